The van der Waals surface area contributed by atoms with E-state index < -0.39 is 16.1 Å². The molecule has 1 heterocycles. The first-order chi connectivity index (χ1) is 9.28. The topological polar surface area (TPSA) is 93.7 Å². The molecule has 0 radical (unpaired) electrons. The summed E-state index contributed by atoms with van der Waals surface area (Å²) in [4.78, 5) is 11.8. The molecule has 0 spiro atoms. The van der Waals surface area contributed by atoms with Crippen LogP contribution in [0.1, 0.15) is 26.7 Å². The minimum atomic E-state index is -3.29. The zero-order chi connectivity index (χ0) is 15.2. The molecule has 1 aliphatic rings. The Labute approximate surface area is 120 Å². The van der Waals surface area contributed by atoms with Crippen LogP contribution in [-0.2, 0) is 24.3 Å². The fraction of sp³-hybridized carbons (Fsp3) is 0.917. The Morgan fingerprint density at radius 1 is 1.45 bits per heavy atom. The first-order valence-electron chi connectivity index (χ1n) is 6.78. The summed E-state index contributed by atoms with van der Waals surface area (Å²) >= 11 is 0. The van der Waals surface area contributed by atoms with Crippen molar-refractivity contribution >= 4 is 16.0 Å². The SMILES string of the molecule is CC(C)OC(CNS(C)(=O)=O)COC(=O)C1CCCN1. The number of hydrogen-bond acceptors (Lipinski definition) is 6. The molecule has 1 aliphatic heterocycles. The molecule has 1 fully saturated rings. The Bertz CT molecular complexity index is 404. The van der Waals surface area contributed by atoms with Crippen molar-refractivity contribution in [1.82, 2.24) is 10.0 Å². The molecule has 0 aromatic heterocycles. The third-order valence-corrected chi connectivity index (χ3v) is 3.49. The molecule has 8 heteroatoms. The Hall–Kier alpha value is -0.700. The van der Waals surface area contributed by atoms with Gasteiger partial charge in [-0.25, -0.2) is 13.1 Å². The number of nitrogens with one attached hydrogen (secondary N) is 2. The van der Waals surface area contributed by atoms with Gasteiger partial charge in [0.1, 0.15) is 18.8 Å². The second kappa shape index (κ2) is 7.92. The van der Waals surface area contributed by atoms with Crippen LogP contribution in [0.15, 0.2) is 0 Å². The van der Waals surface area contributed by atoms with Crippen LogP contribution in [0.25, 0.3) is 0 Å². The lowest BCUT2D eigenvalue weighted by Crippen LogP contribution is -2.40. The molecular weight excluding hydrogens is 284 g/mol. The maximum Gasteiger partial charge on any atom is 0.323 e. The minimum absolute atomic E-state index is 0.0394. The molecule has 1 rings (SSSR count). The van der Waals surface area contributed by atoms with E-state index in [1.54, 1.807) is 0 Å². The number of carbonyl (C=O) groups is 1. The third kappa shape index (κ3) is 7.18. The molecule has 1 saturated heterocycles. The van der Waals surface area contributed by atoms with Gasteiger partial charge in [-0.1, -0.05) is 0 Å². The Kier molecular flexibility index (Phi) is 6.87. The summed E-state index contributed by atoms with van der Waals surface area (Å²) in [5, 5.41) is 3.05. The summed E-state index contributed by atoms with van der Waals surface area (Å²) in [7, 11) is -3.29. The molecule has 2 atom stereocenters. The van der Waals surface area contributed by atoms with Gasteiger partial charge in [-0.2, -0.15) is 0 Å². The smallest absolute Gasteiger partial charge is 0.323 e. The highest BCUT2D eigenvalue weighted by molar-refractivity contribution is 7.88. The predicted molar refractivity (Wildman–Crippen MR) is 74.8 cm³/mol. The van der Waals surface area contributed by atoms with Gasteiger partial charge >= 0.3 is 5.97 Å². The Morgan fingerprint density at radius 2 is 2.15 bits per heavy atom. The summed E-state index contributed by atoms with van der Waals surface area (Å²) < 4.78 is 35.3. The van der Waals surface area contributed by atoms with E-state index in [0.29, 0.717) is 0 Å². The normalized spacial score (nSPS) is 21.1. The summed E-state index contributed by atoms with van der Waals surface area (Å²) in [5.74, 6) is -0.306. The molecule has 20 heavy (non-hydrogen) atoms. The number of hydrogen-bond donors (Lipinski definition) is 2. The number of rotatable bonds is 8. The fourth-order valence-electron chi connectivity index (χ4n) is 1.94. The summed E-state index contributed by atoms with van der Waals surface area (Å²) in [6.07, 6.45) is 2.24. The van der Waals surface area contributed by atoms with Crippen LogP contribution < -0.4 is 10.0 Å². The van der Waals surface area contributed by atoms with Gasteiger partial charge < -0.3 is 14.8 Å². The van der Waals surface area contributed by atoms with Crippen LogP contribution in [0.2, 0.25) is 0 Å². The first-order valence-corrected chi connectivity index (χ1v) is 8.67. The molecule has 0 aliphatic carbocycles. The highest BCUT2D eigenvalue weighted by Crippen LogP contribution is 2.07. The Morgan fingerprint density at radius 3 is 2.65 bits per heavy atom. The standard InChI is InChI=1S/C12H24N2O5S/c1-9(2)19-10(7-14-20(3,16)17)8-18-12(15)11-5-4-6-13-11/h9-11,13-14H,4-8H2,1-3H3. The lowest BCUT2D eigenvalue weighted by atomic mass is 10.2. The van der Waals surface area contributed by atoms with Gasteiger partial charge in [0.15, 0.2) is 0 Å². The highest BCUT2D eigenvalue weighted by Gasteiger charge is 2.25. The first kappa shape index (κ1) is 17.4. The van der Waals surface area contributed by atoms with Crippen molar-refractivity contribution in [3.8, 4) is 0 Å². The maximum absolute atomic E-state index is 11.8. The molecule has 7 nitrogen and oxygen atoms in total. The van der Waals surface area contributed by atoms with Gasteiger partial charge in [0.2, 0.25) is 10.0 Å². The number of esters is 1. The predicted octanol–water partition coefficient (Wildman–Crippen LogP) is -0.376. The molecular formula is C12H24N2O5S. The van der Waals surface area contributed by atoms with Crippen molar-refractivity contribution in [2.24, 2.45) is 0 Å². The average Bonchev–Trinajstić information content (AvgIpc) is 2.84. The van der Waals surface area contributed by atoms with Crippen LogP contribution in [0, 0.1) is 0 Å². The van der Waals surface area contributed by atoms with Crippen LogP contribution >= 0.6 is 0 Å². The van der Waals surface area contributed by atoms with E-state index in [0.717, 1.165) is 25.6 Å². The van der Waals surface area contributed by atoms with E-state index in [1.165, 1.54) is 0 Å². The highest BCUT2D eigenvalue weighted by atomic mass is 32.2. The molecule has 0 aromatic carbocycles. The zero-order valence-electron chi connectivity index (χ0n) is 12.2. The largest absolute Gasteiger partial charge is 0.462 e. The van der Waals surface area contributed by atoms with E-state index in [4.69, 9.17) is 9.47 Å². The fourth-order valence-corrected chi connectivity index (χ4v) is 2.43. The van der Waals surface area contributed by atoms with E-state index in [-0.39, 0.29) is 31.3 Å². The van der Waals surface area contributed by atoms with E-state index in [2.05, 4.69) is 10.0 Å². The van der Waals surface area contributed by atoms with Crippen LogP contribution in [0.5, 0.6) is 0 Å². The summed E-state index contributed by atoms with van der Waals surface area (Å²) in [6, 6.07) is -0.252. The maximum atomic E-state index is 11.8. The van der Waals surface area contributed by atoms with Gasteiger partial charge in [0, 0.05) is 6.54 Å². The molecule has 0 bridgehead atoms. The molecule has 118 valence electrons. The van der Waals surface area contributed by atoms with Crippen molar-refractivity contribution in [3.05, 3.63) is 0 Å². The molecule has 0 aromatic rings. The van der Waals surface area contributed by atoms with E-state index in [1.807, 2.05) is 13.8 Å². The van der Waals surface area contributed by atoms with Crippen molar-refractivity contribution in [2.45, 2.75) is 44.9 Å². The Balaban J connectivity index is 2.40. The zero-order valence-corrected chi connectivity index (χ0v) is 13.0. The molecule has 0 saturated carbocycles. The average molecular weight is 308 g/mol. The third-order valence-electron chi connectivity index (χ3n) is 2.79. The second-order valence-corrected chi connectivity index (χ2v) is 7.04. The number of carbonyl (C=O) groups excluding carboxylic acids is 1. The molecule has 2 N–H and O–H groups in total. The van der Waals surface area contributed by atoms with Gasteiger partial charge in [-0.3, -0.25) is 4.79 Å². The quantitative estimate of drug-likeness (QED) is 0.594. The lowest BCUT2D eigenvalue weighted by Gasteiger charge is -2.21. The van der Waals surface area contributed by atoms with Crippen LogP contribution in [0.3, 0.4) is 0 Å². The van der Waals surface area contributed by atoms with Crippen molar-refractivity contribution in [1.29, 1.82) is 0 Å². The lowest BCUT2D eigenvalue weighted by molar-refractivity contribution is -0.150. The number of ether oxygens (including phenoxy) is 2. The van der Waals surface area contributed by atoms with Crippen molar-refractivity contribution < 1.29 is 22.7 Å². The van der Waals surface area contributed by atoms with Gasteiger partial charge in [0.05, 0.1) is 12.4 Å². The minimum Gasteiger partial charge on any atom is -0.462 e. The van der Waals surface area contributed by atoms with E-state index in [9.17, 15) is 13.2 Å². The number of sulfonamides is 1. The van der Waals surface area contributed by atoms with E-state index >= 15 is 0 Å². The van der Waals surface area contributed by atoms with Crippen molar-refractivity contribution in [3.63, 3.8) is 0 Å². The van der Waals surface area contributed by atoms with Crippen LogP contribution in [-0.4, -0.2) is 58.6 Å². The summed E-state index contributed by atoms with van der Waals surface area (Å²) in [5.41, 5.74) is 0. The molecule has 0 amide bonds. The van der Waals surface area contributed by atoms with Gasteiger partial charge in [-0.05, 0) is 33.2 Å². The second-order valence-electron chi connectivity index (χ2n) is 5.21. The monoisotopic (exact) mass is 308 g/mol. The van der Waals surface area contributed by atoms with Crippen molar-refractivity contribution in [2.75, 3.05) is 26.0 Å². The summed E-state index contributed by atoms with van der Waals surface area (Å²) in [6.45, 7) is 4.63. The van der Waals surface area contributed by atoms with Gasteiger partial charge in [0.25, 0.3) is 0 Å². The molecule has 2 unspecified atom stereocenters. The van der Waals surface area contributed by atoms with Gasteiger partial charge in [-0.15, -0.1) is 0 Å². The van der Waals surface area contributed by atoms with Crippen LogP contribution in [0.4, 0.5) is 0 Å².